The van der Waals surface area contributed by atoms with Crippen molar-refractivity contribution in [1.82, 2.24) is 0 Å². The van der Waals surface area contributed by atoms with Gasteiger partial charge in [-0.2, -0.15) is 0 Å². The molecule has 7 heteroatoms. The van der Waals surface area contributed by atoms with E-state index >= 15 is 0 Å². The van der Waals surface area contributed by atoms with Crippen molar-refractivity contribution in [1.29, 1.82) is 0 Å². The van der Waals surface area contributed by atoms with Crippen molar-refractivity contribution >= 4 is 17.2 Å². The number of carbonyl (C=O) groups is 1. The molecule has 24 heavy (non-hydrogen) atoms. The summed E-state index contributed by atoms with van der Waals surface area (Å²) in [6.07, 6.45) is -0.942. The molecule has 0 saturated carbocycles. The maximum Gasteiger partial charge on any atom is 0.293 e. The van der Waals surface area contributed by atoms with E-state index in [4.69, 9.17) is 0 Å². The number of rotatable bonds is 6. The molecule has 0 spiro atoms. The van der Waals surface area contributed by atoms with E-state index in [1.807, 2.05) is 0 Å². The summed E-state index contributed by atoms with van der Waals surface area (Å²) in [5.41, 5.74) is 0.826. The standard InChI is InChI=1S/C17H17FN2O4/c1-11(21)13-5-8-15(16(9-13)20(23)24)19(2)10-17(22)12-3-6-14(18)7-4-12/h3-9,17,22H,10H2,1-2H3. The van der Waals surface area contributed by atoms with Gasteiger partial charge < -0.3 is 10.0 Å². The van der Waals surface area contributed by atoms with Crippen molar-refractivity contribution in [2.75, 3.05) is 18.5 Å². The largest absolute Gasteiger partial charge is 0.387 e. The minimum atomic E-state index is -0.942. The number of nitro benzene ring substituents is 1. The van der Waals surface area contributed by atoms with Crippen LogP contribution in [0.1, 0.15) is 28.9 Å². The summed E-state index contributed by atoms with van der Waals surface area (Å²) in [6, 6.07) is 9.60. The number of anilines is 1. The van der Waals surface area contributed by atoms with Crippen molar-refractivity contribution in [2.45, 2.75) is 13.0 Å². The van der Waals surface area contributed by atoms with Gasteiger partial charge >= 0.3 is 0 Å². The second-order valence-corrected chi connectivity index (χ2v) is 5.46. The number of nitro groups is 1. The van der Waals surface area contributed by atoms with Crippen LogP contribution in [0.3, 0.4) is 0 Å². The first-order valence-corrected chi connectivity index (χ1v) is 7.23. The summed E-state index contributed by atoms with van der Waals surface area (Å²) in [7, 11) is 1.60. The van der Waals surface area contributed by atoms with Crippen LogP contribution in [-0.2, 0) is 0 Å². The van der Waals surface area contributed by atoms with Crippen LogP contribution in [-0.4, -0.2) is 29.4 Å². The molecule has 0 heterocycles. The molecule has 6 nitrogen and oxygen atoms in total. The molecule has 0 aromatic heterocycles. The number of benzene rings is 2. The molecule has 1 atom stereocenters. The molecule has 0 amide bonds. The monoisotopic (exact) mass is 332 g/mol. The van der Waals surface area contributed by atoms with Crippen LogP contribution in [0.25, 0.3) is 0 Å². The molecule has 2 aromatic rings. The van der Waals surface area contributed by atoms with E-state index in [0.29, 0.717) is 5.56 Å². The van der Waals surface area contributed by atoms with Crippen LogP contribution < -0.4 is 4.90 Å². The van der Waals surface area contributed by atoms with Gasteiger partial charge in [0.05, 0.1) is 11.0 Å². The minimum Gasteiger partial charge on any atom is -0.387 e. The molecular weight excluding hydrogens is 315 g/mol. The average Bonchev–Trinajstić information content (AvgIpc) is 2.54. The molecule has 0 aliphatic rings. The predicted molar refractivity (Wildman–Crippen MR) is 87.7 cm³/mol. The molecule has 0 saturated heterocycles. The molecule has 0 aliphatic heterocycles. The summed E-state index contributed by atoms with van der Waals surface area (Å²) in [4.78, 5) is 23.6. The minimum absolute atomic E-state index is 0.0753. The highest BCUT2D eigenvalue weighted by molar-refractivity contribution is 5.95. The van der Waals surface area contributed by atoms with Gasteiger partial charge in [0.25, 0.3) is 5.69 Å². The van der Waals surface area contributed by atoms with E-state index < -0.39 is 16.8 Å². The summed E-state index contributed by atoms with van der Waals surface area (Å²) < 4.78 is 12.9. The van der Waals surface area contributed by atoms with E-state index in [1.165, 1.54) is 54.3 Å². The quantitative estimate of drug-likeness (QED) is 0.499. The Labute approximate surface area is 138 Å². The first kappa shape index (κ1) is 17.6. The van der Waals surface area contributed by atoms with Crippen LogP contribution in [0.15, 0.2) is 42.5 Å². The maximum atomic E-state index is 12.9. The van der Waals surface area contributed by atoms with E-state index in [9.17, 15) is 24.4 Å². The molecule has 0 radical (unpaired) electrons. The Morgan fingerprint density at radius 1 is 1.29 bits per heavy atom. The summed E-state index contributed by atoms with van der Waals surface area (Å²) >= 11 is 0. The van der Waals surface area contributed by atoms with Crippen LogP contribution >= 0.6 is 0 Å². The van der Waals surface area contributed by atoms with Gasteiger partial charge in [0.15, 0.2) is 5.78 Å². The van der Waals surface area contributed by atoms with E-state index in [-0.39, 0.29) is 29.3 Å². The number of halogens is 1. The third-order valence-electron chi connectivity index (χ3n) is 3.69. The van der Waals surface area contributed by atoms with Gasteiger partial charge in [-0.3, -0.25) is 14.9 Å². The summed E-state index contributed by atoms with van der Waals surface area (Å²) in [5.74, 6) is -0.673. The molecule has 1 N–H and O–H groups in total. The lowest BCUT2D eigenvalue weighted by Gasteiger charge is -2.23. The number of aliphatic hydroxyl groups is 1. The lowest BCUT2D eigenvalue weighted by molar-refractivity contribution is -0.384. The van der Waals surface area contributed by atoms with Crippen molar-refractivity contribution in [2.24, 2.45) is 0 Å². The SMILES string of the molecule is CC(=O)c1ccc(N(C)CC(O)c2ccc(F)cc2)c([N+](=O)[O-])c1. The molecule has 0 bridgehead atoms. The number of likely N-dealkylation sites (N-methyl/N-ethyl adjacent to an activating group) is 1. The van der Waals surface area contributed by atoms with Gasteiger partial charge in [-0.1, -0.05) is 12.1 Å². The average molecular weight is 332 g/mol. The fourth-order valence-electron chi connectivity index (χ4n) is 2.36. The van der Waals surface area contributed by atoms with E-state index in [2.05, 4.69) is 0 Å². The van der Waals surface area contributed by atoms with Crippen molar-refractivity contribution in [3.63, 3.8) is 0 Å². The van der Waals surface area contributed by atoms with Crippen molar-refractivity contribution < 1.29 is 19.2 Å². The molecule has 2 aromatic carbocycles. The third kappa shape index (κ3) is 3.94. The smallest absolute Gasteiger partial charge is 0.293 e. The van der Waals surface area contributed by atoms with Gasteiger partial charge in [0.2, 0.25) is 0 Å². The van der Waals surface area contributed by atoms with Crippen LogP contribution in [0.5, 0.6) is 0 Å². The molecule has 0 fully saturated rings. The zero-order chi connectivity index (χ0) is 17.9. The number of hydrogen-bond donors (Lipinski definition) is 1. The predicted octanol–water partition coefficient (Wildman–Crippen LogP) is 3.11. The topological polar surface area (TPSA) is 83.7 Å². The summed E-state index contributed by atoms with van der Waals surface area (Å²) in [5, 5.41) is 21.5. The first-order chi connectivity index (χ1) is 11.3. The Bertz CT molecular complexity index is 762. The molecule has 0 aliphatic carbocycles. The Morgan fingerprint density at radius 3 is 2.46 bits per heavy atom. The zero-order valence-corrected chi connectivity index (χ0v) is 13.3. The first-order valence-electron chi connectivity index (χ1n) is 7.23. The Balaban J connectivity index is 2.25. The lowest BCUT2D eigenvalue weighted by atomic mass is 10.1. The number of aliphatic hydroxyl groups excluding tert-OH is 1. The molecule has 2 rings (SSSR count). The van der Waals surface area contributed by atoms with Gasteiger partial charge in [0.1, 0.15) is 11.5 Å². The highest BCUT2D eigenvalue weighted by atomic mass is 19.1. The van der Waals surface area contributed by atoms with Gasteiger partial charge in [-0.05, 0) is 36.8 Å². The van der Waals surface area contributed by atoms with E-state index in [0.717, 1.165) is 0 Å². The summed E-state index contributed by atoms with van der Waals surface area (Å²) in [6.45, 7) is 1.41. The zero-order valence-electron chi connectivity index (χ0n) is 13.3. The fourth-order valence-corrected chi connectivity index (χ4v) is 2.36. The number of ketones is 1. The molecule has 1 unspecified atom stereocenters. The van der Waals surface area contributed by atoms with Crippen LogP contribution in [0, 0.1) is 15.9 Å². The third-order valence-corrected chi connectivity index (χ3v) is 3.69. The molecular formula is C17H17FN2O4. The van der Waals surface area contributed by atoms with E-state index in [1.54, 1.807) is 7.05 Å². The normalized spacial score (nSPS) is 11.8. The van der Waals surface area contributed by atoms with Gasteiger partial charge in [-0.25, -0.2) is 4.39 Å². The van der Waals surface area contributed by atoms with Crippen LogP contribution in [0.2, 0.25) is 0 Å². The Kier molecular flexibility index (Phi) is 5.25. The number of carbonyl (C=O) groups excluding carboxylic acids is 1. The highest BCUT2D eigenvalue weighted by Gasteiger charge is 2.21. The van der Waals surface area contributed by atoms with Crippen molar-refractivity contribution in [3.05, 3.63) is 69.5 Å². The maximum absolute atomic E-state index is 12.9. The number of nitrogens with zero attached hydrogens (tertiary/aromatic N) is 2. The van der Waals surface area contributed by atoms with Gasteiger partial charge in [0, 0.05) is 25.2 Å². The Hall–Kier alpha value is -2.80. The number of Topliss-reactive ketones (excluding diaryl/α,β-unsaturated/α-hetero) is 1. The highest BCUT2D eigenvalue weighted by Crippen LogP contribution is 2.30. The van der Waals surface area contributed by atoms with Crippen molar-refractivity contribution in [3.8, 4) is 0 Å². The van der Waals surface area contributed by atoms with Gasteiger partial charge in [-0.15, -0.1) is 0 Å². The molecule has 126 valence electrons. The Morgan fingerprint density at radius 2 is 1.92 bits per heavy atom. The second kappa shape index (κ2) is 7.18. The second-order valence-electron chi connectivity index (χ2n) is 5.46. The van der Waals surface area contributed by atoms with Crippen LogP contribution in [0.4, 0.5) is 15.8 Å². The fraction of sp³-hybridized carbons (Fsp3) is 0.235. The number of hydrogen-bond acceptors (Lipinski definition) is 5. The lowest BCUT2D eigenvalue weighted by Crippen LogP contribution is -2.25.